The highest BCUT2D eigenvalue weighted by atomic mass is 16.1. The van der Waals surface area contributed by atoms with Crippen molar-refractivity contribution in [3.05, 3.63) is 60.0 Å². The number of aromatic amines is 1. The number of nitrogens with zero attached hydrogens (tertiary/aromatic N) is 2. The lowest BCUT2D eigenvalue weighted by Crippen LogP contribution is -2.05. The summed E-state index contributed by atoms with van der Waals surface area (Å²) in [7, 11) is 0. The first kappa shape index (κ1) is 16.5. The number of hydrogen-bond acceptors (Lipinski definition) is 4. The van der Waals surface area contributed by atoms with Crippen LogP contribution >= 0.6 is 0 Å². The molecule has 0 saturated carbocycles. The number of Topliss-reactive ketones (excluding diaryl/α,β-unsaturated/α-hetero) is 2. The van der Waals surface area contributed by atoms with Gasteiger partial charge in [0, 0.05) is 41.1 Å². The molecule has 2 heterocycles. The molecule has 0 bridgehead atoms. The van der Waals surface area contributed by atoms with Gasteiger partial charge in [-0.2, -0.15) is 10.2 Å². The third-order valence-electron chi connectivity index (χ3n) is 3.37. The Hall–Kier alpha value is -2.82. The SMILES string of the molecule is CC.O=C(CCC(=O)c1c[nH]c2ccccc12)c1ccnnc1. The molecule has 0 saturated heterocycles. The standard InChI is InChI=1S/C16H13N3O2.C2H6/c20-15(11-7-8-18-19-9-11)5-6-16(21)13-10-17-14-4-2-1-3-12(13)14;1-2/h1-4,7-10,17H,5-6H2;1-2H3. The van der Waals surface area contributed by atoms with E-state index in [0.29, 0.717) is 11.1 Å². The molecule has 0 aliphatic heterocycles. The molecule has 1 N–H and O–H groups in total. The van der Waals surface area contributed by atoms with E-state index in [1.165, 1.54) is 12.4 Å². The third-order valence-corrected chi connectivity index (χ3v) is 3.37. The minimum absolute atomic E-state index is 0.0391. The number of ketones is 2. The van der Waals surface area contributed by atoms with Gasteiger partial charge in [0.1, 0.15) is 0 Å². The Bertz CT molecular complexity index is 794. The zero-order valence-electron chi connectivity index (χ0n) is 13.2. The van der Waals surface area contributed by atoms with Crippen molar-refractivity contribution < 1.29 is 9.59 Å². The van der Waals surface area contributed by atoms with Crippen LogP contribution in [0.4, 0.5) is 0 Å². The predicted molar refractivity (Wildman–Crippen MR) is 89.6 cm³/mol. The number of rotatable bonds is 5. The summed E-state index contributed by atoms with van der Waals surface area (Å²) >= 11 is 0. The van der Waals surface area contributed by atoms with Gasteiger partial charge in [0.15, 0.2) is 11.6 Å². The first-order valence-electron chi connectivity index (χ1n) is 7.65. The number of aromatic nitrogens is 3. The Balaban J connectivity index is 0.000000924. The maximum atomic E-state index is 12.3. The number of carbonyl (C=O) groups is 2. The molecule has 0 unspecified atom stereocenters. The Kier molecular flexibility index (Phi) is 5.74. The molecule has 0 fully saturated rings. The molecule has 3 rings (SSSR count). The van der Waals surface area contributed by atoms with Crippen LogP contribution in [-0.4, -0.2) is 26.7 Å². The number of benzene rings is 1. The number of H-pyrrole nitrogens is 1. The van der Waals surface area contributed by atoms with E-state index in [1.807, 2.05) is 38.1 Å². The van der Waals surface area contributed by atoms with E-state index < -0.39 is 0 Å². The fourth-order valence-corrected chi connectivity index (χ4v) is 2.26. The van der Waals surface area contributed by atoms with Gasteiger partial charge in [-0.3, -0.25) is 9.59 Å². The van der Waals surface area contributed by atoms with Gasteiger partial charge in [0.2, 0.25) is 0 Å². The minimum Gasteiger partial charge on any atom is -0.360 e. The lowest BCUT2D eigenvalue weighted by Gasteiger charge is -2.00. The molecule has 0 aliphatic rings. The molecule has 3 aromatic rings. The van der Waals surface area contributed by atoms with Crippen LogP contribution in [0.15, 0.2) is 48.9 Å². The second kappa shape index (κ2) is 7.98. The number of fused-ring (bicyclic) bond motifs is 1. The molecule has 0 atom stereocenters. The predicted octanol–water partition coefficient (Wildman–Crippen LogP) is 3.83. The average Bonchev–Trinajstić information content (AvgIpc) is 3.06. The summed E-state index contributed by atoms with van der Waals surface area (Å²) in [6, 6.07) is 9.22. The van der Waals surface area contributed by atoms with Gasteiger partial charge >= 0.3 is 0 Å². The summed E-state index contributed by atoms with van der Waals surface area (Å²) < 4.78 is 0. The smallest absolute Gasteiger partial charge is 0.165 e. The van der Waals surface area contributed by atoms with E-state index in [9.17, 15) is 9.59 Å². The maximum Gasteiger partial charge on any atom is 0.165 e. The van der Waals surface area contributed by atoms with Crippen LogP contribution in [0, 0.1) is 0 Å². The summed E-state index contributed by atoms with van der Waals surface area (Å²) in [6.07, 6.45) is 4.94. The Labute approximate surface area is 134 Å². The van der Waals surface area contributed by atoms with Gasteiger partial charge in [0.25, 0.3) is 0 Å². The molecular formula is C18H19N3O2. The van der Waals surface area contributed by atoms with Gasteiger partial charge in [-0.15, -0.1) is 0 Å². The van der Waals surface area contributed by atoms with Crippen molar-refractivity contribution in [3.63, 3.8) is 0 Å². The Morgan fingerprint density at radius 2 is 1.74 bits per heavy atom. The normalized spacial score (nSPS) is 10.0. The van der Waals surface area contributed by atoms with E-state index in [2.05, 4.69) is 15.2 Å². The van der Waals surface area contributed by atoms with Crippen molar-refractivity contribution in [2.75, 3.05) is 0 Å². The number of para-hydroxylation sites is 1. The second-order valence-corrected chi connectivity index (χ2v) is 4.73. The zero-order chi connectivity index (χ0) is 16.7. The molecule has 0 aliphatic carbocycles. The van der Waals surface area contributed by atoms with Crippen LogP contribution in [0.5, 0.6) is 0 Å². The summed E-state index contributed by atoms with van der Waals surface area (Å²) in [5.41, 5.74) is 2.04. The van der Waals surface area contributed by atoms with Gasteiger partial charge in [-0.05, 0) is 12.1 Å². The fourth-order valence-electron chi connectivity index (χ4n) is 2.26. The summed E-state index contributed by atoms with van der Waals surface area (Å²) in [5.74, 6) is -0.138. The van der Waals surface area contributed by atoms with Crippen molar-refractivity contribution in [3.8, 4) is 0 Å². The largest absolute Gasteiger partial charge is 0.360 e. The molecule has 5 heteroatoms. The third kappa shape index (κ3) is 3.88. The van der Waals surface area contributed by atoms with Gasteiger partial charge in [-0.1, -0.05) is 32.0 Å². The van der Waals surface area contributed by atoms with Crippen LogP contribution in [0.1, 0.15) is 47.4 Å². The molecule has 1 aromatic carbocycles. The van der Waals surface area contributed by atoms with Crippen molar-refractivity contribution in [2.24, 2.45) is 0 Å². The van der Waals surface area contributed by atoms with Gasteiger partial charge in [0.05, 0.1) is 12.4 Å². The molecule has 0 amide bonds. The Morgan fingerprint density at radius 1 is 1.00 bits per heavy atom. The molecule has 0 spiro atoms. The highest BCUT2D eigenvalue weighted by Crippen LogP contribution is 2.20. The van der Waals surface area contributed by atoms with Crippen molar-refractivity contribution in [1.82, 2.24) is 15.2 Å². The fraction of sp³-hybridized carbons (Fsp3) is 0.222. The van der Waals surface area contributed by atoms with E-state index in [1.54, 1.807) is 12.3 Å². The van der Waals surface area contributed by atoms with Crippen molar-refractivity contribution in [2.45, 2.75) is 26.7 Å². The molecular weight excluding hydrogens is 290 g/mol. The summed E-state index contributed by atoms with van der Waals surface area (Å²) in [4.78, 5) is 27.3. The molecule has 23 heavy (non-hydrogen) atoms. The van der Waals surface area contributed by atoms with E-state index >= 15 is 0 Å². The first-order valence-corrected chi connectivity index (χ1v) is 7.65. The van der Waals surface area contributed by atoms with Crippen molar-refractivity contribution in [1.29, 1.82) is 0 Å². The molecule has 5 nitrogen and oxygen atoms in total. The van der Waals surface area contributed by atoms with Crippen LogP contribution in [-0.2, 0) is 0 Å². The summed E-state index contributed by atoms with van der Waals surface area (Å²) in [6.45, 7) is 4.00. The van der Waals surface area contributed by atoms with E-state index in [4.69, 9.17) is 0 Å². The number of nitrogens with one attached hydrogen (secondary N) is 1. The Morgan fingerprint density at radius 3 is 2.48 bits per heavy atom. The van der Waals surface area contributed by atoms with Crippen molar-refractivity contribution >= 4 is 22.5 Å². The van der Waals surface area contributed by atoms with E-state index in [0.717, 1.165) is 10.9 Å². The van der Waals surface area contributed by atoms with Crippen LogP contribution in [0.25, 0.3) is 10.9 Å². The number of carbonyl (C=O) groups excluding carboxylic acids is 2. The quantitative estimate of drug-likeness (QED) is 0.727. The first-order chi connectivity index (χ1) is 11.3. The summed E-state index contributed by atoms with van der Waals surface area (Å²) in [5, 5.41) is 8.18. The van der Waals surface area contributed by atoms with E-state index in [-0.39, 0.29) is 24.4 Å². The lowest BCUT2D eigenvalue weighted by molar-refractivity contribution is 0.0918. The topological polar surface area (TPSA) is 75.7 Å². The highest BCUT2D eigenvalue weighted by Gasteiger charge is 2.14. The monoisotopic (exact) mass is 309 g/mol. The van der Waals surface area contributed by atoms with Gasteiger partial charge < -0.3 is 4.98 Å². The van der Waals surface area contributed by atoms with Gasteiger partial charge in [-0.25, -0.2) is 0 Å². The maximum absolute atomic E-state index is 12.3. The minimum atomic E-state index is -0.0990. The lowest BCUT2D eigenvalue weighted by atomic mass is 10.0. The highest BCUT2D eigenvalue weighted by molar-refractivity contribution is 6.09. The van der Waals surface area contributed by atoms with Crippen LogP contribution in [0.3, 0.4) is 0 Å². The second-order valence-electron chi connectivity index (χ2n) is 4.73. The number of hydrogen-bond donors (Lipinski definition) is 1. The average molecular weight is 309 g/mol. The van der Waals surface area contributed by atoms with Crippen LogP contribution in [0.2, 0.25) is 0 Å². The van der Waals surface area contributed by atoms with Crippen LogP contribution < -0.4 is 0 Å². The molecule has 2 aromatic heterocycles. The zero-order valence-corrected chi connectivity index (χ0v) is 13.2. The molecule has 118 valence electrons. The molecule has 0 radical (unpaired) electrons.